The van der Waals surface area contributed by atoms with Crippen molar-refractivity contribution >= 4 is 6.09 Å². The van der Waals surface area contributed by atoms with Crippen LogP contribution >= 0.6 is 0 Å². The number of hydrogen-bond acceptors (Lipinski definition) is 10. The third kappa shape index (κ3) is 6.14. The van der Waals surface area contributed by atoms with Gasteiger partial charge in [-0.3, -0.25) is 0 Å². The lowest BCUT2D eigenvalue weighted by atomic mass is 9.90. The first-order valence-corrected chi connectivity index (χ1v) is 13.5. The van der Waals surface area contributed by atoms with E-state index in [0.717, 1.165) is 16.8 Å². The van der Waals surface area contributed by atoms with Gasteiger partial charge in [0.25, 0.3) is 0 Å². The SMILES string of the molecule is CC(C)(C)OC(=O)N1CC[C@@H](c2cc(C[C@H]3O[C@H](CO)[C@H](O)[C@H](n4cc(-c5cc(F)c(F)c(F)c5)nn4)[C@H]3O)no2)C1. The maximum atomic E-state index is 13.7. The summed E-state index contributed by atoms with van der Waals surface area (Å²) in [5.74, 6) is -4.00. The van der Waals surface area contributed by atoms with E-state index in [1.54, 1.807) is 31.7 Å². The van der Waals surface area contributed by atoms with Crippen LogP contribution in [0.4, 0.5) is 18.0 Å². The highest BCUT2D eigenvalue weighted by Crippen LogP contribution is 2.34. The molecule has 0 saturated carbocycles. The molecule has 3 N–H and O–H groups in total. The first kappa shape index (κ1) is 29.9. The molecule has 42 heavy (non-hydrogen) atoms. The number of ether oxygens (including phenoxy) is 2. The zero-order valence-electron chi connectivity index (χ0n) is 23.2. The highest BCUT2D eigenvalue weighted by molar-refractivity contribution is 5.68. The van der Waals surface area contributed by atoms with Crippen LogP contribution in [0.5, 0.6) is 0 Å². The molecule has 0 radical (unpaired) electrons. The summed E-state index contributed by atoms with van der Waals surface area (Å²) in [5, 5.41) is 43.7. The molecule has 2 fully saturated rings. The average Bonchev–Trinajstić information content (AvgIpc) is 3.69. The Balaban J connectivity index is 1.30. The van der Waals surface area contributed by atoms with Crippen molar-refractivity contribution in [1.29, 1.82) is 0 Å². The summed E-state index contributed by atoms with van der Waals surface area (Å²) in [5.41, 5.74) is -0.309. The Labute approximate surface area is 238 Å². The highest BCUT2D eigenvalue weighted by atomic mass is 19.2. The number of aromatic nitrogens is 4. The lowest BCUT2D eigenvalue weighted by molar-refractivity contribution is -0.205. The smallest absolute Gasteiger partial charge is 0.410 e. The summed E-state index contributed by atoms with van der Waals surface area (Å²) in [6.07, 6.45) is -3.37. The Morgan fingerprint density at radius 1 is 1.12 bits per heavy atom. The summed E-state index contributed by atoms with van der Waals surface area (Å²) in [4.78, 5) is 14.0. The minimum Gasteiger partial charge on any atom is -0.444 e. The average molecular weight is 596 g/mol. The number of halogens is 3. The number of rotatable bonds is 6. The van der Waals surface area contributed by atoms with Gasteiger partial charge in [-0.15, -0.1) is 5.10 Å². The molecule has 2 aromatic heterocycles. The van der Waals surface area contributed by atoms with Gasteiger partial charge in [0.05, 0.1) is 24.6 Å². The Hall–Kier alpha value is -3.53. The molecule has 12 nitrogen and oxygen atoms in total. The molecule has 1 aromatic carbocycles. The van der Waals surface area contributed by atoms with Gasteiger partial charge in [0.1, 0.15) is 41.4 Å². The van der Waals surface area contributed by atoms with E-state index < -0.39 is 66.2 Å². The number of hydrogen-bond donors (Lipinski definition) is 3. The number of nitrogens with zero attached hydrogens (tertiary/aromatic N) is 5. The Morgan fingerprint density at radius 3 is 2.48 bits per heavy atom. The van der Waals surface area contributed by atoms with Crippen LogP contribution in [0.2, 0.25) is 0 Å². The molecule has 228 valence electrons. The first-order valence-electron chi connectivity index (χ1n) is 13.5. The van der Waals surface area contributed by atoms with E-state index >= 15 is 0 Å². The fourth-order valence-corrected chi connectivity index (χ4v) is 5.23. The van der Waals surface area contributed by atoms with Crippen LogP contribution < -0.4 is 0 Å². The lowest BCUT2D eigenvalue weighted by Gasteiger charge is -2.42. The first-order chi connectivity index (χ1) is 19.8. The molecule has 2 aliphatic heterocycles. The van der Waals surface area contributed by atoms with Crippen molar-refractivity contribution in [2.75, 3.05) is 19.7 Å². The van der Waals surface area contributed by atoms with Crippen LogP contribution in [0, 0.1) is 17.5 Å². The molecule has 2 aliphatic rings. The van der Waals surface area contributed by atoms with Gasteiger partial charge in [0.2, 0.25) is 0 Å². The number of benzene rings is 1. The predicted molar refractivity (Wildman–Crippen MR) is 138 cm³/mol. The maximum Gasteiger partial charge on any atom is 0.410 e. The maximum absolute atomic E-state index is 13.7. The van der Waals surface area contributed by atoms with E-state index in [0.29, 0.717) is 31.0 Å². The molecule has 3 aromatic rings. The van der Waals surface area contributed by atoms with E-state index in [9.17, 15) is 33.3 Å². The van der Waals surface area contributed by atoms with Crippen molar-refractivity contribution in [3.05, 3.63) is 53.3 Å². The minimum atomic E-state index is -1.63. The Bertz CT molecular complexity index is 1400. The van der Waals surface area contributed by atoms with Gasteiger partial charge in [0.15, 0.2) is 17.5 Å². The molecule has 6 atom stereocenters. The van der Waals surface area contributed by atoms with Crippen molar-refractivity contribution < 1.29 is 47.3 Å². The highest BCUT2D eigenvalue weighted by Gasteiger charge is 2.46. The van der Waals surface area contributed by atoms with Crippen LogP contribution in [-0.2, 0) is 15.9 Å². The predicted octanol–water partition coefficient (Wildman–Crippen LogP) is 2.34. The molecule has 15 heteroatoms. The second-order valence-corrected chi connectivity index (χ2v) is 11.5. The van der Waals surface area contributed by atoms with Gasteiger partial charge < -0.3 is 34.2 Å². The number of carbonyl (C=O) groups excluding carboxylic acids is 1. The van der Waals surface area contributed by atoms with E-state index in [1.807, 2.05) is 0 Å². The van der Waals surface area contributed by atoms with Crippen molar-refractivity contribution in [2.45, 2.75) is 75.6 Å². The zero-order valence-corrected chi connectivity index (χ0v) is 23.2. The molecular weight excluding hydrogens is 563 g/mol. The summed E-state index contributed by atoms with van der Waals surface area (Å²) in [6.45, 7) is 5.69. The van der Waals surface area contributed by atoms with E-state index in [1.165, 1.54) is 6.20 Å². The molecular formula is C27H32F3N5O7. The van der Waals surface area contributed by atoms with Gasteiger partial charge >= 0.3 is 6.09 Å². The summed E-state index contributed by atoms with van der Waals surface area (Å²) < 4.78 is 58.8. The van der Waals surface area contributed by atoms with Gasteiger partial charge in [-0.2, -0.15) is 0 Å². The van der Waals surface area contributed by atoms with Crippen LogP contribution in [0.25, 0.3) is 11.3 Å². The summed E-state index contributed by atoms with van der Waals surface area (Å²) >= 11 is 0. The number of amides is 1. The lowest BCUT2D eigenvalue weighted by Crippen LogP contribution is -2.56. The van der Waals surface area contributed by atoms with E-state index in [4.69, 9.17) is 14.0 Å². The van der Waals surface area contributed by atoms with Crippen LogP contribution in [0.3, 0.4) is 0 Å². The van der Waals surface area contributed by atoms with Gasteiger partial charge in [-0.1, -0.05) is 10.4 Å². The van der Waals surface area contributed by atoms with Gasteiger partial charge in [-0.25, -0.2) is 22.6 Å². The van der Waals surface area contributed by atoms with E-state index in [-0.39, 0.29) is 23.6 Å². The minimum absolute atomic E-state index is 0.0334. The molecule has 0 unspecified atom stereocenters. The number of aliphatic hydroxyl groups is 3. The molecule has 1 amide bonds. The molecule has 0 spiro atoms. The molecule has 5 rings (SSSR count). The standard InChI is InChI=1S/C27H32F3N5O7/c1-27(2,3)41-26(39)34-5-4-13(10-34)19-8-15(32-42-19)9-20-24(37)23(25(38)21(12-36)40-20)35-11-18(31-33-35)14-6-16(28)22(30)17(29)7-14/h6-8,11,13,20-21,23-25,36-38H,4-5,9-10,12H2,1-3H3/t13-,20-,21-,23-,24+,25+/m1/s1. The fraction of sp³-hybridized carbons (Fsp3) is 0.556. The number of carbonyl (C=O) groups is 1. The van der Waals surface area contributed by atoms with Crippen molar-refractivity contribution in [2.24, 2.45) is 0 Å². The largest absolute Gasteiger partial charge is 0.444 e. The Morgan fingerprint density at radius 2 is 1.81 bits per heavy atom. The molecule has 4 heterocycles. The van der Waals surface area contributed by atoms with Crippen molar-refractivity contribution in [3.8, 4) is 11.3 Å². The summed E-state index contributed by atoms with van der Waals surface area (Å²) in [6, 6.07) is 2.05. The van der Waals surface area contributed by atoms with Crippen LogP contribution in [0.15, 0.2) is 28.9 Å². The Kier molecular flexibility index (Phi) is 8.29. The second-order valence-electron chi connectivity index (χ2n) is 11.5. The zero-order chi connectivity index (χ0) is 30.3. The number of aliphatic hydroxyl groups excluding tert-OH is 3. The third-order valence-electron chi connectivity index (χ3n) is 7.32. The van der Waals surface area contributed by atoms with Crippen LogP contribution in [0.1, 0.15) is 50.6 Å². The quantitative estimate of drug-likeness (QED) is 0.362. The molecule has 0 bridgehead atoms. The topological polar surface area (TPSA) is 156 Å². The number of likely N-dealkylation sites (tertiary alicyclic amines) is 1. The van der Waals surface area contributed by atoms with Gasteiger partial charge in [-0.05, 0) is 39.3 Å². The third-order valence-corrected chi connectivity index (χ3v) is 7.32. The normalized spacial score (nSPS) is 26.5. The van der Waals surface area contributed by atoms with Crippen molar-refractivity contribution in [1.82, 2.24) is 25.1 Å². The second kappa shape index (κ2) is 11.6. The molecule has 2 saturated heterocycles. The van der Waals surface area contributed by atoms with E-state index in [2.05, 4.69) is 15.5 Å². The summed E-state index contributed by atoms with van der Waals surface area (Å²) in [7, 11) is 0. The van der Waals surface area contributed by atoms with Gasteiger partial charge in [0, 0.05) is 37.1 Å². The van der Waals surface area contributed by atoms with Crippen molar-refractivity contribution in [3.63, 3.8) is 0 Å². The monoisotopic (exact) mass is 595 g/mol. The van der Waals surface area contributed by atoms with Crippen LogP contribution in [-0.4, -0.2) is 96.2 Å². The fourth-order valence-electron chi connectivity index (χ4n) is 5.23. The molecule has 0 aliphatic carbocycles.